The van der Waals surface area contributed by atoms with Gasteiger partial charge in [-0.25, -0.2) is 0 Å². The number of rotatable bonds is 4. The number of nitrogens with one attached hydrogen (secondary N) is 1. The number of hydrogen-bond acceptors (Lipinski definition) is 4. The fourth-order valence-corrected chi connectivity index (χ4v) is 2.64. The number of furan rings is 1. The van der Waals surface area contributed by atoms with E-state index in [0.717, 1.165) is 24.8 Å². The molecule has 0 aromatic carbocycles. The molecule has 0 aliphatic carbocycles. The van der Waals surface area contributed by atoms with E-state index >= 15 is 0 Å². The number of hydrogen-bond donors (Lipinski definition) is 1. The number of nitrogens with zero attached hydrogens (tertiary/aromatic N) is 2. The highest BCUT2D eigenvalue weighted by Crippen LogP contribution is 2.14. The van der Waals surface area contributed by atoms with E-state index in [9.17, 15) is 9.59 Å². The molecular formula is C18H19N3O3. The van der Waals surface area contributed by atoms with Gasteiger partial charge in [-0.1, -0.05) is 6.07 Å². The minimum absolute atomic E-state index is 0.165. The van der Waals surface area contributed by atoms with Gasteiger partial charge in [0.1, 0.15) is 5.70 Å². The molecule has 1 N–H and O–H groups in total. The van der Waals surface area contributed by atoms with Crippen LogP contribution in [0.5, 0.6) is 0 Å². The van der Waals surface area contributed by atoms with Crippen molar-refractivity contribution in [3.8, 4) is 0 Å². The van der Waals surface area contributed by atoms with Gasteiger partial charge in [0, 0.05) is 25.5 Å². The zero-order valence-corrected chi connectivity index (χ0v) is 13.3. The number of amides is 2. The largest absolute Gasteiger partial charge is 0.459 e. The lowest BCUT2D eigenvalue weighted by Gasteiger charge is -2.27. The Hall–Kier alpha value is -2.89. The van der Waals surface area contributed by atoms with Gasteiger partial charge in [0.15, 0.2) is 5.76 Å². The molecule has 0 atom stereocenters. The molecule has 2 aromatic heterocycles. The maximum Gasteiger partial charge on any atom is 0.291 e. The second kappa shape index (κ2) is 7.59. The fraction of sp³-hybridized carbons (Fsp3) is 0.278. The second-order valence-electron chi connectivity index (χ2n) is 5.63. The normalized spacial score (nSPS) is 15.2. The molecule has 0 radical (unpaired) electrons. The Morgan fingerprint density at radius 2 is 2.00 bits per heavy atom. The third-order valence-corrected chi connectivity index (χ3v) is 3.86. The maximum absolute atomic E-state index is 12.8. The minimum atomic E-state index is -0.444. The molecule has 0 saturated carbocycles. The van der Waals surface area contributed by atoms with Crippen LogP contribution < -0.4 is 5.32 Å². The first-order valence-corrected chi connectivity index (χ1v) is 8.00. The first-order valence-electron chi connectivity index (χ1n) is 8.00. The molecule has 6 nitrogen and oxygen atoms in total. The van der Waals surface area contributed by atoms with Crippen LogP contribution in [0.15, 0.2) is 53.0 Å². The molecule has 1 fully saturated rings. The molecule has 2 amide bonds. The van der Waals surface area contributed by atoms with Gasteiger partial charge in [-0.05, 0) is 49.1 Å². The fourth-order valence-electron chi connectivity index (χ4n) is 2.64. The van der Waals surface area contributed by atoms with E-state index in [1.54, 1.807) is 41.6 Å². The summed E-state index contributed by atoms with van der Waals surface area (Å²) < 4.78 is 5.10. The van der Waals surface area contributed by atoms with Crippen molar-refractivity contribution in [2.24, 2.45) is 0 Å². The Morgan fingerprint density at radius 3 is 2.67 bits per heavy atom. The number of piperidine rings is 1. The monoisotopic (exact) mass is 325 g/mol. The van der Waals surface area contributed by atoms with E-state index in [0.29, 0.717) is 13.1 Å². The SMILES string of the molecule is O=C(NC(=Cc1cccnc1)C(=O)N1CCCCC1)c1ccco1. The molecule has 124 valence electrons. The van der Waals surface area contributed by atoms with Gasteiger partial charge in [-0.3, -0.25) is 14.6 Å². The van der Waals surface area contributed by atoms with Gasteiger partial charge in [-0.2, -0.15) is 0 Å². The molecule has 1 aliphatic heterocycles. The second-order valence-corrected chi connectivity index (χ2v) is 5.63. The Balaban J connectivity index is 1.84. The molecular weight excluding hydrogens is 306 g/mol. The van der Waals surface area contributed by atoms with E-state index in [1.807, 2.05) is 6.07 Å². The van der Waals surface area contributed by atoms with Crippen molar-refractivity contribution in [1.29, 1.82) is 0 Å². The molecule has 24 heavy (non-hydrogen) atoms. The minimum Gasteiger partial charge on any atom is -0.459 e. The van der Waals surface area contributed by atoms with E-state index in [2.05, 4.69) is 10.3 Å². The third-order valence-electron chi connectivity index (χ3n) is 3.86. The maximum atomic E-state index is 12.8. The lowest BCUT2D eigenvalue weighted by Crippen LogP contribution is -2.41. The molecule has 0 bridgehead atoms. The molecule has 0 unspecified atom stereocenters. The van der Waals surface area contributed by atoms with Crippen LogP contribution in [0.3, 0.4) is 0 Å². The molecule has 2 aromatic rings. The van der Waals surface area contributed by atoms with Crippen molar-refractivity contribution >= 4 is 17.9 Å². The third kappa shape index (κ3) is 3.90. The molecule has 3 heterocycles. The van der Waals surface area contributed by atoms with E-state index in [1.165, 1.54) is 6.26 Å². The number of aromatic nitrogens is 1. The standard InChI is InChI=1S/C18H19N3O3/c22-17(16-7-5-11-24-16)20-15(12-14-6-4-8-19-13-14)18(23)21-9-2-1-3-10-21/h4-8,11-13H,1-3,9-10H2,(H,20,22). The van der Waals surface area contributed by atoms with Crippen LogP contribution in [0, 0.1) is 0 Å². The summed E-state index contributed by atoms with van der Waals surface area (Å²) in [4.78, 5) is 30.9. The van der Waals surface area contributed by atoms with E-state index < -0.39 is 5.91 Å². The van der Waals surface area contributed by atoms with Gasteiger partial charge in [0.05, 0.1) is 6.26 Å². The van der Waals surface area contributed by atoms with Gasteiger partial charge in [-0.15, -0.1) is 0 Å². The van der Waals surface area contributed by atoms with Crippen LogP contribution in [-0.2, 0) is 4.79 Å². The van der Waals surface area contributed by atoms with E-state index in [-0.39, 0.29) is 17.4 Å². The average molecular weight is 325 g/mol. The molecule has 1 saturated heterocycles. The van der Waals surface area contributed by atoms with Gasteiger partial charge < -0.3 is 14.6 Å². The van der Waals surface area contributed by atoms with Crippen LogP contribution in [0.2, 0.25) is 0 Å². The highest BCUT2D eigenvalue weighted by atomic mass is 16.3. The van der Waals surface area contributed by atoms with E-state index in [4.69, 9.17) is 4.42 Å². The van der Waals surface area contributed by atoms with Crippen LogP contribution in [0.4, 0.5) is 0 Å². The van der Waals surface area contributed by atoms with Gasteiger partial charge >= 0.3 is 0 Å². The average Bonchev–Trinajstić information content (AvgIpc) is 3.17. The first-order chi connectivity index (χ1) is 11.7. The predicted octanol–water partition coefficient (Wildman–Crippen LogP) is 2.46. The summed E-state index contributed by atoms with van der Waals surface area (Å²) in [5, 5.41) is 2.67. The predicted molar refractivity (Wildman–Crippen MR) is 88.8 cm³/mol. The summed E-state index contributed by atoms with van der Waals surface area (Å²) in [6, 6.07) is 6.80. The summed E-state index contributed by atoms with van der Waals surface area (Å²) >= 11 is 0. The summed E-state index contributed by atoms with van der Waals surface area (Å²) in [5.74, 6) is -0.461. The highest BCUT2D eigenvalue weighted by molar-refractivity contribution is 6.04. The van der Waals surface area contributed by atoms with Gasteiger partial charge in [0.2, 0.25) is 0 Å². The Bertz CT molecular complexity index is 717. The van der Waals surface area contributed by atoms with Gasteiger partial charge in [0.25, 0.3) is 11.8 Å². The number of pyridine rings is 1. The van der Waals surface area contributed by atoms with Crippen molar-refractivity contribution in [1.82, 2.24) is 15.2 Å². The van der Waals surface area contributed by atoms with Crippen molar-refractivity contribution < 1.29 is 14.0 Å². The zero-order valence-electron chi connectivity index (χ0n) is 13.3. The topological polar surface area (TPSA) is 75.4 Å². The van der Waals surface area contributed by atoms with Crippen molar-refractivity contribution in [2.45, 2.75) is 19.3 Å². The Kier molecular flexibility index (Phi) is 5.05. The Labute approximate surface area is 140 Å². The quantitative estimate of drug-likeness (QED) is 0.876. The van der Waals surface area contributed by atoms with Crippen LogP contribution in [-0.4, -0.2) is 34.8 Å². The summed E-state index contributed by atoms with van der Waals surface area (Å²) in [6.45, 7) is 1.42. The summed E-state index contributed by atoms with van der Waals surface area (Å²) in [7, 11) is 0. The van der Waals surface area contributed by atoms with Crippen LogP contribution in [0.1, 0.15) is 35.4 Å². The molecule has 0 spiro atoms. The smallest absolute Gasteiger partial charge is 0.291 e. The van der Waals surface area contributed by atoms with Crippen molar-refractivity contribution in [3.63, 3.8) is 0 Å². The Morgan fingerprint density at radius 1 is 1.17 bits per heavy atom. The van der Waals surface area contributed by atoms with Crippen LogP contribution >= 0.6 is 0 Å². The van der Waals surface area contributed by atoms with Crippen molar-refractivity contribution in [3.05, 3.63) is 59.9 Å². The number of carbonyl (C=O) groups is 2. The first kappa shape index (κ1) is 16.0. The molecule has 1 aliphatic rings. The lowest BCUT2D eigenvalue weighted by atomic mass is 10.1. The molecule has 3 rings (SSSR count). The number of carbonyl (C=O) groups excluding carboxylic acids is 2. The highest BCUT2D eigenvalue weighted by Gasteiger charge is 2.23. The summed E-state index contributed by atoms with van der Waals surface area (Å²) in [5.41, 5.74) is 0.976. The van der Waals surface area contributed by atoms with Crippen LogP contribution in [0.25, 0.3) is 6.08 Å². The molecule has 6 heteroatoms. The zero-order chi connectivity index (χ0) is 16.8. The number of likely N-dealkylation sites (tertiary alicyclic amines) is 1. The van der Waals surface area contributed by atoms with Crippen molar-refractivity contribution in [2.75, 3.05) is 13.1 Å². The summed E-state index contributed by atoms with van der Waals surface area (Å²) in [6.07, 6.45) is 9.46. The lowest BCUT2D eigenvalue weighted by molar-refractivity contribution is -0.128.